The number of methoxy groups -OCH3 is 1. The number of hydrogen-bond donors (Lipinski definition) is 3. The molecule has 0 radical (unpaired) electrons. The molecular weight excluding hydrogens is 531 g/mol. The Hall–Kier alpha value is -3.79. The first-order valence-electron chi connectivity index (χ1n) is 10.2. The van der Waals surface area contributed by atoms with Crippen LogP contribution in [0.2, 0.25) is 15.1 Å². The van der Waals surface area contributed by atoms with Crippen molar-refractivity contribution in [2.24, 2.45) is 5.10 Å². The molecule has 186 valence electrons. The summed E-state index contributed by atoms with van der Waals surface area (Å²) in [5.41, 5.74) is 3.42. The summed E-state index contributed by atoms with van der Waals surface area (Å²) in [5.74, 6) is -1.71. The highest BCUT2D eigenvalue weighted by Gasteiger charge is 2.15. The van der Waals surface area contributed by atoms with Crippen LogP contribution in [0.4, 0.5) is 11.4 Å². The minimum absolute atomic E-state index is 0.112. The Morgan fingerprint density at radius 2 is 1.67 bits per heavy atom. The van der Waals surface area contributed by atoms with E-state index in [1.165, 1.54) is 19.4 Å². The summed E-state index contributed by atoms with van der Waals surface area (Å²) < 4.78 is 10.8. The largest absolute Gasteiger partial charge is 0.493 e. The molecule has 0 atom stereocenters. The van der Waals surface area contributed by atoms with Crippen molar-refractivity contribution in [3.05, 3.63) is 81.3 Å². The molecule has 0 heterocycles. The van der Waals surface area contributed by atoms with Gasteiger partial charge >= 0.3 is 11.8 Å². The van der Waals surface area contributed by atoms with Gasteiger partial charge in [0.1, 0.15) is 0 Å². The number of benzene rings is 3. The number of ether oxygens (including phenoxy) is 2. The van der Waals surface area contributed by atoms with E-state index < -0.39 is 11.8 Å². The van der Waals surface area contributed by atoms with Crippen LogP contribution < -0.4 is 25.5 Å². The van der Waals surface area contributed by atoms with E-state index in [0.29, 0.717) is 27.8 Å². The van der Waals surface area contributed by atoms with Crippen molar-refractivity contribution in [2.45, 2.75) is 0 Å². The van der Waals surface area contributed by atoms with E-state index in [-0.39, 0.29) is 28.2 Å². The van der Waals surface area contributed by atoms with E-state index >= 15 is 0 Å². The van der Waals surface area contributed by atoms with Gasteiger partial charge in [-0.05, 0) is 60.2 Å². The molecule has 0 saturated carbocycles. The van der Waals surface area contributed by atoms with Crippen molar-refractivity contribution in [1.29, 1.82) is 0 Å². The second kappa shape index (κ2) is 12.8. The van der Waals surface area contributed by atoms with Gasteiger partial charge in [-0.3, -0.25) is 14.4 Å². The Labute approximate surface area is 221 Å². The summed E-state index contributed by atoms with van der Waals surface area (Å²) >= 11 is 17.7. The number of carbonyl (C=O) groups excluding carboxylic acids is 3. The molecule has 0 fully saturated rings. The molecule has 0 saturated heterocycles. The van der Waals surface area contributed by atoms with Crippen molar-refractivity contribution in [3.63, 3.8) is 0 Å². The number of rotatable bonds is 8. The molecule has 0 aromatic heterocycles. The first kappa shape index (κ1) is 26.8. The van der Waals surface area contributed by atoms with Crippen molar-refractivity contribution < 1.29 is 23.9 Å². The minimum Gasteiger partial charge on any atom is -0.493 e. The maximum Gasteiger partial charge on any atom is 0.329 e. The average molecular weight is 550 g/mol. The maximum absolute atomic E-state index is 12.1. The molecule has 3 aromatic rings. The summed E-state index contributed by atoms with van der Waals surface area (Å²) in [6.07, 6.45) is 1.30. The lowest BCUT2D eigenvalue weighted by molar-refractivity contribution is -0.136. The number of carbonyl (C=O) groups is 3. The fourth-order valence-corrected chi connectivity index (χ4v) is 3.23. The number of nitrogens with zero attached hydrogens (tertiary/aromatic N) is 1. The first-order valence-corrected chi connectivity index (χ1v) is 11.3. The van der Waals surface area contributed by atoms with E-state index in [2.05, 4.69) is 21.2 Å². The fourth-order valence-electron chi connectivity index (χ4n) is 2.75. The quantitative estimate of drug-likeness (QED) is 0.213. The van der Waals surface area contributed by atoms with E-state index in [1.54, 1.807) is 54.6 Å². The lowest BCUT2D eigenvalue weighted by atomic mass is 10.2. The van der Waals surface area contributed by atoms with Gasteiger partial charge in [0, 0.05) is 10.7 Å². The molecule has 0 aliphatic carbocycles. The standard InChI is InChI=1S/C24H19Cl3N4O5/c1-35-20-11-14(5-10-19(20)36-13-21(32)29-16-8-6-15(25)7-9-16)12-28-31-24(34)23(33)30-18-4-2-3-17(26)22(18)27/h2-12H,13H2,1H3,(H,29,32)(H,30,33)(H,31,34)/b28-12-. The molecule has 9 nitrogen and oxygen atoms in total. The van der Waals surface area contributed by atoms with Crippen molar-refractivity contribution in [1.82, 2.24) is 5.43 Å². The van der Waals surface area contributed by atoms with E-state index in [4.69, 9.17) is 44.3 Å². The Morgan fingerprint density at radius 1 is 0.917 bits per heavy atom. The highest BCUT2D eigenvalue weighted by molar-refractivity contribution is 6.45. The summed E-state index contributed by atoms with van der Waals surface area (Å²) in [6, 6.07) is 16.1. The first-order chi connectivity index (χ1) is 17.3. The third-order valence-corrected chi connectivity index (χ3v) is 5.53. The number of nitrogens with one attached hydrogen (secondary N) is 3. The SMILES string of the molecule is COc1cc(/C=N\NC(=O)C(=O)Nc2cccc(Cl)c2Cl)ccc1OCC(=O)Nc1ccc(Cl)cc1. The van der Waals surface area contributed by atoms with Crippen LogP contribution >= 0.6 is 34.8 Å². The highest BCUT2D eigenvalue weighted by atomic mass is 35.5. The third-order valence-electron chi connectivity index (χ3n) is 4.46. The van der Waals surface area contributed by atoms with Gasteiger partial charge in [0.2, 0.25) is 0 Å². The number of halogens is 3. The molecule has 36 heavy (non-hydrogen) atoms. The lowest BCUT2D eigenvalue weighted by Gasteiger charge is -2.11. The molecule has 0 spiro atoms. The molecule has 12 heteroatoms. The molecule has 0 bridgehead atoms. The third kappa shape index (κ3) is 7.61. The number of hydrazone groups is 1. The zero-order valence-corrected chi connectivity index (χ0v) is 20.9. The van der Waals surface area contributed by atoms with Crippen LogP contribution in [0.15, 0.2) is 65.8 Å². The van der Waals surface area contributed by atoms with Gasteiger partial charge in [0.05, 0.1) is 29.1 Å². The van der Waals surface area contributed by atoms with Crippen LogP contribution in [0.1, 0.15) is 5.56 Å². The van der Waals surface area contributed by atoms with Crippen LogP contribution in [-0.4, -0.2) is 37.7 Å². The van der Waals surface area contributed by atoms with Crippen LogP contribution in [0.5, 0.6) is 11.5 Å². The predicted molar refractivity (Wildman–Crippen MR) is 139 cm³/mol. The van der Waals surface area contributed by atoms with Crippen molar-refractivity contribution in [2.75, 3.05) is 24.4 Å². The molecule has 3 rings (SSSR count). The maximum atomic E-state index is 12.1. The number of amides is 3. The van der Waals surface area contributed by atoms with Crippen molar-refractivity contribution in [3.8, 4) is 11.5 Å². The Morgan fingerprint density at radius 3 is 2.39 bits per heavy atom. The summed E-state index contributed by atoms with van der Waals surface area (Å²) in [7, 11) is 1.43. The topological polar surface area (TPSA) is 118 Å². The number of anilines is 2. The Bertz CT molecular complexity index is 1300. The van der Waals surface area contributed by atoms with Crippen LogP contribution in [0.3, 0.4) is 0 Å². The molecular formula is C24H19Cl3N4O5. The Balaban J connectivity index is 1.53. The fraction of sp³-hybridized carbons (Fsp3) is 0.0833. The summed E-state index contributed by atoms with van der Waals surface area (Å²) in [6.45, 7) is -0.256. The van der Waals surface area contributed by atoms with Gasteiger partial charge in [0.15, 0.2) is 18.1 Å². The van der Waals surface area contributed by atoms with Gasteiger partial charge < -0.3 is 20.1 Å². The predicted octanol–water partition coefficient (Wildman–Crippen LogP) is 4.76. The van der Waals surface area contributed by atoms with Crippen LogP contribution in [0, 0.1) is 0 Å². The van der Waals surface area contributed by atoms with E-state index in [9.17, 15) is 14.4 Å². The van der Waals surface area contributed by atoms with Gasteiger partial charge in [-0.2, -0.15) is 5.10 Å². The Kier molecular flexibility index (Phi) is 9.52. The monoisotopic (exact) mass is 548 g/mol. The molecule has 3 aromatic carbocycles. The minimum atomic E-state index is -1.01. The lowest BCUT2D eigenvalue weighted by Crippen LogP contribution is -2.32. The van der Waals surface area contributed by atoms with Crippen LogP contribution in [-0.2, 0) is 14.4 Å². The summed E-state index contributed by atoms with van der Waals surface area (Å²) in [5, 5.41) is 9.70. The van der Waals surface area contributed by atoms with Gasteiger partial charge in [-0.1, -0.05) is 40.9 Å². The van der Waals surface area contributed by atoms with Gasteiger partial charge in [0.25, 0.3) is 5.91 Å². The van der Waals surface area contributed by atoms with E-state index in [0.717, 1.165) is 0 Å². The highest BCUT2D eigenvalue weighted by Crippen LogP contribution is 2.29. The zero-order chi connectivity index (χ0) is 26.1. The smallest absolute Gasteiger partial charge is 0.329 e. The molecule has 0 aliphatic rings. The normalized spacial score (nSPS) is 10.6. The van der Waals surface area contributed by atoms with Gasteiger partial charge in [-0.25, -0.2) is 5.43 Å². The second-order valence-electron chi connectivity index (χ2n) is 7.01. The zero-order valence-electron chi connectivity index (χ0n) is 18.7. The summed E-state index contributed by atoms with van der Waals surface area (Å²) in [4.78, 5) is 36.2. The molecule has 0 aliphatic heterocycles. The van der Waals surface area contributed by atoms with Gasteiger partial charge in [-0.15, -0.1) is 0 Å². The second-order valence-corrected chi connectivity index (χ2v) is 8.23. The molecule has 0 unspecified atom stereocenters. The number of hydrogen-bond acceptors (Lipinski definition) is 6. The molecule has 3 N–H and O–H groups in total. The average Bonchev–Trinajstić information content (AvgIpc) is 2.87. The van der Waals surface area contributed by atoms with E-state index in [1.807, 2.05) is 0 Å². The molecule has 3 amide bonds. The van der Waals surface area contributed by atoms with Crippen molar-refractivity contribution >= 4 is 70.1 Å². The van der Waals surface area contributed by atoms with Crippen LogP contribution in [0.25, 0.3) is 0 Å².